The van der Waals surface area contributed by atoms with E-state index in [1.807, 2.05) is 6.20 Å². The molecule has 228 valence electrons. The van der Waals surface area contributed by atoms with Crippen LogP contribution in [0.5, 0.6) is 0 Å². The Morgan fingerprint density at radius 1 is 1.12 bits per heavy atom. The molecule has 3 aliphatic carbocycles. The number of ether oxygens (including phenoxy) is 1. The highest BCUT2D eigenvalue weighted by atomic mass is 19.1. The third-order valence-electron chi connectivity index (χ3n) is 12.0. The summed E-state index contributed by atoms with van der Waals surface area (Å²) >= 11 is 0. The lowest BCUT2D eigenvalue weighted by Gasteiger charge is -2.61. The van der Waals surface area contributed by atoms with Crippen molar-refractivity contribution in [2.24, 2.45) is 23.7 Å². The van der Waals surface area contributed by atoms with Crippen LogP contribution in [0.2, 0.25) is 0 Å². The lowest BCUT2D eigenvalue weighted by Crippen LogP contribution is -2.73. The number of alkyl halides is 1. The summed E-state index contributed by atoms with van der Waals surface area (Å²) < 4.78 is 22.9. The van der Waals surface area contributed by atoms with E-state index in [4.69, 9.17) is 4.74 Å². The number of Topliss-reactive ketones (excluding diaryl/α,β-unsaturated/α-hetero) is 1. The number of fused-ring (bicyclic) bond motifs is 3. The molecule has 0 aromatic heterocycles. The van der Waals surface area contributed by atoms with Gasteiger partial charge in [0.05, 0.1) is 35.9 Å². The van der Waals surface area contributed by atoms with Gasteiger partial charge in [-0.2, -0.15) is 0 Å². The van der Waals surface area contributed by atoms with Crippen LogP contribution in [0.1, 0.15) is 70.6 Å². The van der Waals surface area contributed by atoms with Crippen LogP contribution in [0.3, 0.4) is 0 Å². The first-order chi connectivity index (χ1) is 20.0. The highest BCUT2D eigenvalue weighted by Gasteiger charge is 2.59. The number of halogens is 1. The molecule has 11 atom stereocenters. The molecule has 0 aromatic carbocycles. The molecule has 0 spiro atoms. The van der Waals surface area contributed by atoms with Crippen molar-refractivity contribution in [2.75, 3.05) is 39.8 Å². The third-order valence-corrected chi connectivity index (χ3v) is 12.0. The fourth-order valence-electron chi connectivity index (χ4n) is 9.68. The molecular weight excluding hydrogens is 521 g/mol. The second-order valence-corrected chi connectivity index (χ2v) is 14.3. The largest absolute Gasteiger partial charge is 0.369 e. The van der Waals surface area contributed by atoms with E-state index in [1.165, 1.54) is 32.1 Å². The predicted molar refractivity (Wildman–Crippen MR) is 155 cm³/mol. The van der Waals surface area contributed by atoms with Crippen LogP contribution >= 0.6 is 0 Å². The third kappa shape index (κ3) is 5.38. The summed E-state index contributed by atoms with van der Waals surface area (Å²) in [6, 6.07) is -0.00244. The van der Waals surface area contributed by atoms with E-state index in [0.717, 1.165) is 58.3 Å². The van der Waals surface area contributed by atoms with Crippen molar-refractivity contribution in [1.29, 1.82) is 0 Å². The number of morpholine rings is 1. The number of carbonyl (C=O) groups is 2. The first-order valence-electron chi connectivity index (χ1n) is 16.7. The van der Waals surface area contributed by atoms with Crippen LogP contribution in [0.25, 0.3) is 0 Å². The number of carbonyl (C=O) groups excluding carboxylic acids is 2. The Bertz CT molecular complexity index is 1020. The average molecular weight is 572 g/mol. The molecule has 3 N–H and O–H groups in total. The second kappa shape index (κ2) is 11.9. The SMILES string of the molecule is CN1CCCC1CCNC(=O)C1=CN2C3CC4CCCCC4CC3OC3C(NCC4CCNC4)C(F)CC(C1=O)C32. The Morgan fingerprint density at radius 2 is 1.95 bits per heavy atom. The molecule has 7 rings (SSSR count). The fourth-order valence-corrected chi connectivity index (χ4v) is 9.68. The molecule has 3 saturated carbocycles. The minimum atomic E-state index is -1.18. The zero-order valence-corrected chi connectivity index (χ0v) is 24.7. The number of hydrogen-bond donors (Lipinski definition) is 3. The van der Waals surface area contributed by atoms with Crippen molar-refractivity contribution >= 4 is 11.7 Å². The van der Waals surface area contributed by atoms with Crippen LogP contribution in [-0.2, 0) is 14.3 Å². The molecule has 1 amide bonds. The quantitative estimate of drug-likeness (QED) is 0.405. The summed E-state index contributed by atoms with van der Waals surface area (Å²) in [6.07, 6.45) is 12.0. The number of nitrogens with zero attached hydrogens (tertiary/aromatic N) is 2. The average Bonchev–Trinajstić information content (AvgIpc) is 3.64. The zero-order valence-electron chi connectivity index (χ0n) is 24.7. The Hall–Kier alpha value is -1.55. The van der Waals surface area contributed by atoms with Crippen LogP contribution in [-0.4, -0.2) is 104 Å². The summed E-state index contributed by atoms with van der Waals surface area (Å²) in [7, 11) is 2.14. The highest BCUT2D eigenvalue weighted by Crippen LogP contribution is 2.50. The number of likely N-dealkylation sites (tertiary alicyclic amines) is 1. The normalized spacial score (nSPS) is 44.1. The maximum atomic E-state index is 16.0. The van der Waals surface area contributed by atoms with Crippen LogP contribution in [0.15, 0.2) is 11.8 Å². The molecule has 4 aliphatic heterocycles. The molecule has 8 nitrogen and oxygen atoms in total. The van der Waals surface area contributed by atoms with Gasteiger partial charge in [0.1, 0.15) is 6.17 Å². The van der Waals surface area contributed by atoms with Gasteiger partial charge >= 0.3 is 0 Å². The number of hydrogen-bond acceptors (Lipinski definition) is 7. The van der Waals surface area contributed by atoms with Gasteiger partial charge < -0.3 is 30.5 Å². The first kappa shape index (κ1) is 28.2. The standard InChI is InChI=1S/C32H50FN5O3/c1-37-12-4-7-22(37)9-11-35-32(40)24-18-38-26-13-20-5-2-3-6-21(20)14-27(26)41-31-28(36-17-19-8-10-34-16-19)25(33)15-23(29(31)38)30(24)39/h18-23,25-29,31,34,36H,2-17H2,1H3,(H,35,40). The van der Waals surface area contributed by atoms with E-state index >= 15 is 4.39 Å². The molecule has 0 bridgehead atoms. The molecule has 0 radical (unpaired) electrons. The lowest BCUT2D eigenvalue weighted by molar-refractivity contribution is -0.208. The molecule has 0 aromatic rings. The van der Waals surface area contributed by atoms with Gasteiger partial charge in [0, 0.05) is 24.7 Å². The van der Waals surface area contributed by atoms with Crippen molar-refractivity contribution in [3.8, 4) is 0 Å². The van der Waals surface area contributed by atoms with Crippen LogP contribution < -0.4 is 16.0 Å². The van der Waals surface area contributed by atoms with Gasteiger partial charge in [-0.1, -0.05) is 25.7 Å². The van der Waals surface area contributed by atoms with Crippen LogP contribution in [0, 0.1) is 23.7 Å². The number of nitrogens with one attached hydrogen (secondary N) is 3. The first-order valence-corrected chi connectivity index (χ1v) is 16.7. The van der Waals surface area contributed by atoms with Gasteiger partial charge in [0.2, 0.25) is 0 Å². The van der Waals surface area contributed by atoms with E-state index < -0.39 is 18.1 Å². The van der Waals surface area contributed by atoms with E-state index in [1.54, 1.807) is 0 Å². The van der Waals surface area contributed by atoms with Gasteiger partial charge in [-0.05, 0) is 95.9 Å². The minimum absolute atomic E-state index is 0.0191. The number of amides is 1. The Morgan fingerprint density at radius 3 is 2.71 bits per heavy atom. The zero-order chi connectivity index (χ0) is 28.1. The van der Waals surface area contributed by atoms with Gasteiger partial charge in [0.25, 0.3) is 5.91 Å². The summed E-state index contributed by atoms with van der Waals surface area (Å²) in [5.41, 5.74) is 0.229. The smallest absolute Gasteiger partial charge is 0.256 e. The molecule has 6 fully saturated rings. The minimum Gasteiger partial charge on any atom is -0.369 e. The van der Waals surface area contributed by atoms with Gasteiger partial charge in [-0.15, -0.1) is 0 Å². The van der Waals surface area contributed by atoms with Gasteiger partial charge in [-0.25, -0.2) is 4.39 Å². The Labute approximate surface area is 244 Å². The van der Waals surface area contributed by atoms with Crippen molar-refractivity contribution in [1.82, 2.24) is 25.8 Å². The predicted octanol–water partition coefficient (Wildman–Crippen LogP) is 2.39. The molecule has 7 aliphatic rings. The lowest BCUT2D eigenvalue weighted by atomic mass is 9.65. The Balaban J connectivity index is 1.13. The van der Waals surface area contributed by atoms with Gasteiger partial charge in [-0.3, -0.25) is 9.59 Å². The van der Waals surface area contributed by atoms with Crippen LogP contribution in [0.4, 0.5) is 4.39 Å². The van der Waals surface area contributed by atoms with E-state index in [-0.39, 0.29) is 48.0 Å². The van der Waals surface area contributed by atoms with E-state index in [9.17, 15) is 9.59 Å². The van der Waals surface area contributed by atoms with Gasteiger partial charge in [0.15, 0.2) is 5.78 Å². The highest BCUT2D eigenvalue weighted by molar-refractivity contribution is 6.20. The number of ketones is 1. The second-order valence-electron chi connectivity index (χ2n) is 14.3. The topological polar surface area (TPSA) is 85.9 Å². The van der Waals surface area contributed by atoms with E-state index in [2.05, 4.69) is 32.8 Å². The maximum Gasteiger partial charge on any atom is 0.256 e. The molecule has 9 heteroatoms. The molecule has 3 saturated heterocycles. The van der Waals surface area contributed by atoms with Crippen molar-refractivity contribution < 1.29 is 18.7 Å². The van der Waals surface area contributed by atoms with Crippen molar-refractivity contribution in [3.05, 3.63) is 11.8 Å². The molecule has 4 heterocycles. The fraction of sp³-hybridized carbons (Fsp3) is 0.875. The molecule has 41 heavy (non-hydrogen) atoms. The molecule has 11 unspecified atom stereocenters. The van der Waals surface area contributed by atoms with Crippen molar-refractivity contribution in [2.45, 2.75) is 113 Å². The monoisotopic (exact) mass is 571 g/mol. The maximum absolute atomic E-state index is 16.0. The summed E-state index contributed by atoms with van der Waals surface area (Å²) in [6.45, 7) is 4.41. The Kier molecular flexibility index (Phi) is 8.16. The summed E-state index contributed by atoms with van der Waals surface area (Å²) in [5, 5.41) is 10.1. The summed E-state index contributed by atoms with van der Waals surface area (Å²) in [4.78, 5) is 32.1. The summed E-state index contributed by atoms with van der Waals surface area (Å²) in [5.74, 6) is 0.822. The molecular formula is C32H50FN5O3. The van der Waals surface area contributed by atoms with Crippen molar-refractivity contribution in [3.63, 3.8) is 0 Å². The number of rotatable bonds is 7. The van der Waals surface area contributed by atoms with E-state index in [0.29, 0.717) is 30.3 Å².